The smallest absolute Gasteiger partial charge is 0.165 e. The van der Waals surface area contributed by atoms with Gasteiger partial charge in [0.05, 0.1) is 13.2 Å². The van der Waals surface area contributed by atoms with Crippen molar-refractivity contribution in [3.63, 3.8) is 0 Å². The molecule has 0 heterocycles. The third-order valence-electron chi connectivity index (χ3n) is 2.96. The summed E-state index contributed by atoms with van der Waals surface area (Å²) in [6, 6.07) is 8.55. The van der Waals surface area contributed by atoms with Gasteiger partial charge in [0, 0.05) is 10.9 Å². The lowest BCUT2D eigenvalue weighted by Crippen LogP contribution is -2.04. The van der Waals surface area contributed by atoms with Crippen molar-refractivity contribution in [1.82, 2.24) is 0 Å². The molecule has 0 fully saturated rings. The van der Waals surface area contributed by atoms with Crippen LogP contribution in [0.4, 0.5) is 8.78 Å². The van der Waals surface area contributed by atoms with Gasteiger partial charge in [-0.05, 0) is 41.5 Å². The molecule has 1 unspecified atom stereocenters. The van der Waals surface area contributed by atoms with Crippen molar-refractivity contribution in [2.24, 2.45) is 0 Å². The Balaban J connectivity index is 2.21. The minimum Gasteiger partial charge on any atom is -0.494 e. The topological polar surface area (TPSA) is 29.5 Å². The van der Waals surface area contributed by atoms with Crippen LogP contribution in [0.25, 0.3) is 0 Å². The molecule has 2 aromatic carbocycles. The zero-order chi connectivity index (χ0) is 14.7. The van der Waals surface area contributed by atoms with E-state index in [0.717, 1.165) is 0 Å². The van der Waals surface area contributed by atoms with Gasteiger partial charge in [-0.25, -0.2) is 8.78 Å². The van der Waals surface area contributed by atoms with E-state index in [2.05, 4.69) is 15.9 Å². The first-order chi connectivity index (χ1) is 9.51. The number of methoxy groups -OCH3 is 1. The molecule has 106 valence electrons. The highest BCUT2D eigenvalue weighted by atomic mass is 79.9. The van der Waals surface area contributed by atoms with E-state index >= 15 is 0 Å². The second-order valence-corrected chi connectivity index (χ2v) is 5.21. The number of hydrogen-bond acceptors (Lipinski definition) is 2. The van der Waals surface area contributed by atoms with Crippen LogP contribution in [0.5, 0.6) is 5.75 Å². The number of benzene rings is 2. The van der Waals surface area contributed by atoms with Crippen LogP contribution in [0, 0.1) is 11.6 Å². The van der Waals surface area contributed by atoms with Crippen LogP contribution in [-0.2, 0) is 6.42 Å². The molecule has 0 aliphatic rings. The van der Waals surface area contributed by atoms with Gasteiger partial charge < -0.3 is 9.84 Å². The molecule has 0 amide bonds. The number of rotatable bonds is 4. The Labute approximate surface area is 124 Å². The maximum absolute atomic E-state index is 13.6. The van der Waals surface area contributed by atoms with Crippen LogP contribution < -0.4 is 4.74 Å². The van der Waals surface area contributed by atoms with Gasteiger partial charge in [-0.3, -0.25) is 0 Å². The summed E-state index contributed by atoms with van der Waals surface area (Å²) in [6.45, 7) is 0. The molecule has 5 heteroatoms. The highest BCUT2D eigenvalue weighted by Gasteiger charge is 2.14. The summed E-state index contributed by atoms with van der Waals surface area (Å²) >= 11 is 3.26. The summed E-state index contributed by atoms with van der Waals surface area (Å²) in [5, 5.41) is 10.1. The van der Waals surface area contributed by atoms with Gasteiger partial charge >= 0.3 is 0 Å². The molecular weight excluding hydrogens is 330 g/mol. The fraction of sp³-hybridized carbons (Fsp3) is 0.200. The highest BCUT2D eigenvalue weighted by molar-refractivity contribution is 9.10. The molecule has 0 spiro atoms. The normalized spacial score (nSPS) is 12.2. The number of hydrogen-bond donors (Lipinski definition) is 1. The van der Waals surface area contributed by atoms with Gasteiger partial charge in [0.25, 0.3) is 0 Å². The summed E-state index contributed by atoms with van der Waals surface area (Å²) in [4.78, 5) is 0. The van der Waals surface area contributed by atoms with Crippen LogP contribution >= 0.6 is 15.9 Å². The first-order valence-corrected chi connectivity index (χ1v) is 6.76. The van der Waals surface area contributed by atoms with Gasteiger partial charge in [-0.2, -0.15) is 0 Å². The standard InChI is InChI=1S/C15H13BrF2O2/c1-20-15-5-2-9(6-13(15)18)7-14(19)11-8-10(17)3-4-12(11)16/h2-6,8,14,19H,7H2,1H3. The Morgan fingerprint density at radius 1 is 1.20 bits per heavy atom. The Morgan fingerprint density at radius 3 is 2.60 bits per heavy atom. The fourth-order valence-electron chi connectivity index (χ4n) is 1.94. The summed E-state index contributed by atoms with van der Waals surface area (Å²) in [5.41, 5.74) is 1.04. The van der Waals surface area contributed by atoms with Crippen molar-refractivity contribution >= 4 is 15.9 Å². The van der Waals surface area contributed by atoms with Crippen LogP contribution in [-0.4, -0.2) is 12.2 Å². The molecule has 0 bridgehead atoms. The van der Waals surface area contributed by atoms with Gasteiger partial charge in [0.2, 0.25) is 0 Å². The maximum Gasteiger partial charge on any atom is 0.165 e. The monoisotopic (exact) mass is 342 g/mol. The van der Waals surface area contributed by atoms with Gasteiger partial charge in [0.15, 0.2) is 11.6 Å². The lowest BCUT2D eigenvalue weighted by atomic mass is 10.0. The molecule has 1 atom stereocenters. The molecule has 0 aliphatic heterocycles. The molecule has 0 saturated carbocycles. The average molecular weight is 343 g/mol. The predicted octanol–water partition coefficient (Wildman–Crippen LogP) is 4.01. The Hall–Kier alpha value is -1.46. The van der Waals surface area contributed by atoms with Gasteiger partial charge in [-0.1, -0.05) is 22.0 Å². The molecule has 0 aliphatic carbocycles. The third-order valence-corrected chi connectivity index (χ3v) is 3.68. The zero-order valence-electron chi connectivity index (χ0n) is 10.7. The summed E-state index contributed by atoms with van der Waals surface area (Å²) in [6.07, 6.45) is -0.740. The minimum atomic E-state index is -0.923. The van der Waals surface area contributed by atoms with Gasteiger partial charge in [-0.15, -0.1) is 0 Å². The zero-order valence-corrected chi connectivity index (χ0v) is 12.3. The first kappa shape index (κ1) is 14.9. The lowest BCUT2D eigenvalue weighted by Gasteiger charge is -2.13. The van der Waals surface area contributed by atoms with Crippen LogP contribution in [0.3, 0.4) is 0 Å². The molecule has 1 N–H and O–H groups in total. The fourth-order valence-corrected chi connectivity index (χ4v) is 2.45. The number of halogens is 3. The van der Waals surface area contributed by atoms with E-state index in [1.165, 1.54) is 37.4 Å². The van der Waals surface area contributed by atoms with E-state index < -0.39 is 17.7 Å². The quantitative estimate of drug-likeness (QED) is 0.909. The first-order valence-electron chi connectivity index (χ1n) is 5.96. The van der Waals surface area contributed by atoms with Crippen molar-refractivity contribution in [2.75, 3.05) is 7.11 Å². The summed E-state index contributed by atoms with van der Waals surface area (Å²) in [5.74, 6) is -0.770. The summed E-state index contributed by atoms with van der Waals surface area (Å²) < 4.78 is 32.2. The van der Waals surface area contributed by atoms with Crippen LogP contribution in [0.15, 0.2) is 40.9 Å². The minimum absolute atomic E-state index is 0.148. The predicted molar refractivity (Wildman–Crippen MR) is 75.7 cm³/mol. The van der Waals surface area contributed by atoms with Crippen molar-refractivity contribution in [3.05, 3.63) is 63.6 Å². The van der Waals surface area contributed by atoms with E-state index in [-0.39, 0.29) is 12.2 Å². The second-order valence-electron chi connectivity index (χ2n) is 4.35. The molecule has 0 radical (unpaired) electrons. The average Bonchev–Trinajstić information content (AvgIpc) is 2.41. The molecule has 0 saturated heterocycles. The van der Waals surface area contributed by atoms with Crippen molar-refractivity contribution in [3.8, 4) is 5.75 Å². The maximum atomic E-state index is 13.6. The second kappa shape index (κ2) is 6.33. The molecule has 20 heavy (non-hydrogen) atoms. The molecular formula is C15H13BrF2O2. The third kappa shape index (κ3) is 3.35. The van der Waals surface area contributed by atoms with E-state index in [0.29, 0.717) is 15.6 Å². The van der Waals surface area contributed by atoms with E-state index in [1.807, 2.05) is 0 Å². The van der Waals surface area contributed by atoms with Crippen LogP contribution in [0.1, 0.15) is 17.2 Å². The van der Waals surface area contributed by atoms with Crippen molar-refractivity contribution in [1.29, 1.82) is 0 Å². The number of aliphatic hydroxyl groups excluding tert-OH is 1. The Kier molecular flexibility index (Phi) is 4.73. The molecule has 2 nitrogen and oxygen atoms in total. The number of ether oxygens (including phenoxy) is 1. The van der Waals surface area contributed by atoms with Crippen molar-refractivity contribution in [2.45, 2.75) is 12.5 Å². The Bertz CT molecular complexity index is 617. The lowest BCUT2D eigenvalue weighted by molar-refractivity contribution is 0.177. The van der Waals surface area contributed by atoms with E-state index in [9.17, 15) is 13.9 Å². The summed E-state index contributed by atoms with van der Waals surface area (Å²) in [7, 11) is 1.39. The Morgan fingerprint density at radius 2 is 1.95 bits per heavy atom. The largest absolute Gasteiger partial charge is 0.494 e. The van der Waals surface area contributed by atoms with Gasteiger partial charge in [0.1, 0.15) is 5.82 Å². The van der Waals surface area contributed by atoms with E-state index in [1.54, 1.807) is 6.07 Å². The molecule has 2 aromatic rings. The molecule has 2 rings (SSSR count). The SMILES string of the molecule is COc1ccc(CC(O)c2cc(F)ccc2Br)cc1F. The van der Waals surface area contributed by atoms with E-state index in [4.69, 9.17) is 4.74 Å². The number of aliphatic hydroxyl groups is 1. The van der Waals surface area contributed by atoms with Crippen LogP contribution in [0.2, 0.25) is 0 Å². The molecule has 0 aromatic heterocycles. The highest BCUT2D eigenvalue weighted by Crippen LogP contribution is 2.28. The van der Waals surface area contributed by atoms with Crippen molar-refractivity contribution < 1.29 is 18.6 Å².